The normalized spacial score (nSPS) is 20.1. The Hall–Kier alpha value is -2.36. The summed E-state index contributed by atoms with van der Waals surface area (Å²) in [7, 11) is 2.14. The molecule has 1 unspecified atom stereocenters. The molecule has 0 amide bonds. The number of benzene rings is 1. The molecule has 4 nitrogen and oxygen atoms in total. The molecule has 1 atom stereocenters. The summed E-state index contributed by atoms with van der Waals surface area (Å²) in [6, 6.07) is 14.7. The van der Waals surface area contributed by atoms with Gasteiger partial charge in [-0.15, -0.1) is 0 Å². The summed E-state index contributed by atoms with van der Waals surface area (Å²) in [6.45, 7) is 3.85. The average Bonchev–Trinajstić information content (AvgIpc) is 2.97. The van der Waals surface area contributed by atoms with Crippen molar-refractivity contribution >= 4 is 11.5 Å². The first kappa shape index (κ1) is 12.4. The lowest BCUT2D eigenvalue weighted by atomic mass is 10.0. The van der Waals surface area contributed by atoms with Crippen molar-refractivity contribution in [2.75, 3.05) is 25.0 Å². The van der Waals surface area contributed by atoms with E-state index < -0.39 is 0 Å². The smallest absolute Gasteiger partial charge is 0.146 e. The van der Waals surface area contributed by atoms with E-state index in [-0.39, 0.29) is 6.17 Å². The molecule has 21 heavy (non-hydrogen) atoms. The molecule has 2 aliphatic rings. The van der Waals surface area contributed by atoms with Crippen LogP contribution in [0.25, 0.3) is 0 Å². The number of aryl methyl sites for hydroxylation is 1. The Morgan fingerprint density at radius 3 is 2.81 bits per heavy atom. The van der Waals surface area contributed by atoms with Gasteiger partial charge >= 0.3 is 0 Å². The van der Waals surface area contributed by atoms with E-state index in [1.165, 1.54) is 11.3 Å². The largest absolute Gasteiger partial charge is 0.349 e. The first-order valence-electron chi connectivity index (χ1n) is 7.32. The summed E-state index contributed by atoms with van der Waals surface area (Å²) >= 11 is 0. The van der Waals surface area contributed by atoms with Gasteiger partial charge < -0.3 is 9.80 Å². The average molecular weight is 278 g/mol. The Morgan fingerprint density at radius 1 is 1.10 bits per heavy atom. The molecule has 0 radical (unpaired) electrons. The SMILES string of the molecule is Cc1cccc(C2N3CCN=C3c3ccccc3N2C)n1. The monoisotopic (exact) mass is 278 g/mol. The number of rotatable bonds is 1. The zero-order valence-corrected chi connectivity index (χ0v) is 12.3. The maximum Gasteiger partial charge on any atom is 0.146 e. The van der Waals surface area contributed by atoms with Gasteiger partial charge in [0.1, 0.15) is 12.0 Å². The van der Waals surface area contributed by atoms with Crippen molar-refractivity contribution in [3.05, 3.63) is 59.4 Å². The predicted octanol–water partition coefficient (Wildman–Crippen LogP) is 2.60. The molecule has 0 saturated carbocycles. The number of aliphatic imine (C=N–C) groups is 1. The van der Waals surface area contributed by atoms with Crippen LogP contribution in [0.15, 0.2) is 47.5 Å². The number of anilines is 1. The number of amidine groups is 1. The van der Waals surface area contributed by atoms with Crippen LogP contribution in [0.1, 0.15) is 23.1 Å². The van der Waals surface area contributed by atoms with Crippen LogP contribution in [-0.4, -0.2) is 35.9 Å². The summed E-state index contributed by atoms with van der Waals surface area (Å²) in [4.78, 5) is 14.1. The Labute approximate surface area is 124 Å². The second kappa shape index (κ2) is 4.58. The molecule has 0 aliphatic carbocycles. The molecule has 2 aromatic rings. The molecule has 0 bridgehead atoms. The molecule has 1 aromatic heterocycles. The highest BCUT2D eigenvalue weighted by molar-refractivity contribution is 6.06. The van der Waals surface area contributed by atoms with E-state index in [0.29, 0.717) is 0 Å². The minimum absolute atomic E-state index is 0.126. The van der Waals surface area contributed by atoms with Crippen LogP contribution >= 0.6 is 0 Å². The van der Waals surface area contributed by atoms with Crippen LogP contribution in [0.3, 0.4) is 0 Å². The summed E-state index contributed by atoms with van der Waals surface area (Å²) in [6.07, 6.45) is 0.126. The molecular weight excluding hydrogens is 260 g/mol. The van der Waals surface area contributed by atoms with E-state index in [1.807, 2.05) is 13.0 Å². The van der Waals surface area contributed by atoms with Crippen molar-refractivity contribution in [2.24, 2.45) is 4.99 Å². The lowest BCUT2D eigenvalue weighted by Crippen LogP contribution is -2.47. The fourth-order valence-corrected chi connectivity index (χ4v) is 3.32. The number of para-hydroxylation sites is 1. The third-order valence-electron chi connectivity index (χ3n) is 4.24. The van der Waals surface area contributed by atoms with Crippen molar-refractivity contribution < 1.29 is 0 Å². The van der Waals surface area contributed by atoms with Crippen LogP contribution in [0.2, 0.25) is 0 Å². The molecule has 1 aromatic carbocycles. The lowest BCUT2D eigenvalue weighted by molar-refractivity contribution is 0.325. The van der Waals surface area contributed by atoms with Gasteiger partial charge in [-0.3, -0.25) is 9.98 Å². The maximum absolute atomic E-state index is 4.74. The van der Waals surface area contributed by atoms with Crippen molar-refractivity contribution in [3.63, 3.8) is 0 Å². The van der Waals surface area contributed by atoms with Crippen LogP contribution in [0.4, 0.5) is 5.69 Å². The predicted molar refractivity (Wildman–Crippen MR) is 84.7 cm³/mol. The molecule has 106 valence electrons. The molecule has 0 fully saturated rings. The summed E-state index contributed by atoms with van der Waals surface area (Å²) < 4.78 is 0. The van der Waals surface area contributed by atoms with Gasteiger partial charge in [-0.1, -0.05) is 18.2 Å². The fraction of sp³-hybridized carbons (Fsp3) is 0.294. The van der Waals surface area contributed by atoms with Gasteiger partial charge in [-0.2, -0.15) is 0 Å². The van der Waals surface area contributed by atoms with Crippen LogP contribution in [0, 0.1) is 6.92 Å². The molecule has 0 spiro atoms. The molecule has 3 heterocycles. The van der Waals surface area contributed by atoms with E-state index in [2.05, 4.69) is 53.2 Å². The van der Waals surface area contributed by atoms with Crippen molar-refractivity contribution in [1.82, 2.24) is 9.88 Å². The topological polar surface area (TPSA) is 31.7 Å². The highest BCUT2D eigenvalue weighted by Crippen LogP contribution is 2.38. The number of fused-ring (bicyclic) bond motifs is 3. The van der Waals surface area contributed by atoms with Crippen molar-refractivity contribution in [2.45, 2.75) is 13.1 Å². The van der Waals surface area contributed by atoms with Gasteiger partial charge in [0.2, 0.25) is 0 Å². The van der Waals surface area contributed by atoms with Gasteiger partial charge in [-0.05, 0) is 31.2 Å². The number of nitrogens with zero attached hydrogens (tertiary/aromatic N) is 4. The van der Waals surface area contributed by atoms with E-state index in [9.17, 15) is 0 Å². The zero-order chi connectivity index (χ0) is 14.4. The second-order valence-electron chi connectivity index (χ2n) is 5.60. The molecule has 0 saturated heterocycles. The van der Waals surface area contributed by atoms with Gasteiger partial charge in [0.15, 0.2) is 0 Å². The number of aromatic nitrogens is 1. The zero-order valence-electron chi connectivity index (χ0n) is 12.3. The minimum Gasteiger partial charge on any atom is -0.349 e. The maximum atomic E-state index is 4.74. The van der Waals surface area contributed by atoms with E-state index in [1.54, 1.807) is 0 Å². The molecule has 4 heteroatoms. The van der Waals surface area contributed by atoms with Crippen LogP contribution in [-0.2, 0) is 0 Å². The number of pyridine rings is 1. The highest BCUT2D eigenvalue weighted by atomic mass is 15.4. The highest BCUT2D eigenvalue weighted by Gasteiger charge is 2.37. The molecule has 0 N–H and O–H groups in total. The van der Waals surface area contributed by atoms with E-state index in [4.69, 9.17) is 9.98 Å². The van der Waals surface area contributed by atoms with Gasteiger partial charge in [-0.25, -0.2) is 0 Å². The number of hydrogen-bond donors (Lipinski definition) is 0. The third-order valence-corrected chi connectivity index (χ3v) is 4.24. The van der Waals surface area contributed by atoms with Gasteiger partial charge in [0.05, 0.1) is 12.2 Å². The Balaban J connectivity index is 1.88. The first-order valence-corrected chi connectivity index (χ1v) is 7.32. The third kappa shape index (κ3) is 1.82. The quantitative estimate of drug-likeness (QED) is 0.803. The minimum atomic E-state index is 0.126. The van der Waals surface area contributed by atoms with Gasteiger partial charge in [0.25, 0.3) is 0 Å². The standard InChI is InChI=1S/C17H18N4/c1-12-6-5-8-14(19-12)17-20(2)15-9-4-3-7-13(15)16-18-10-11-21(16)17/h3-9,17H,10-11H2,1-2H3. The summed E-state index contributed by atoms with van der Waals surface area (Å²) in [5, 5.41) is 0. The van der Waals surface area contributed by atoms with E-state index in [0.717, 1.165) is 30.3 Å². The second-order valence-corrected chi connectivity index (χ2v) is 5.60. The Morgan fingerprint density at radius 2 is 1.95 bits per heavy atom. The molecule has 2 aliphatic heterocycles. The Bertz CT molecular complexity index is 722. The van der Waals surface area contributed by atoms with Crippen LogP contribution < -0.4 is 4.90 Å². The molecular formula is C17H18N4. The summed E-state index contributed by atoms with van der Waals surface area (Å²) in [5.41, 5.74) is 4.59. The van der Waals surface area contributed by atoms with Crippen molar-refractivity contribution in [3.8, 4) is 0 Å². The number of hydrogen-bond acceptors (Lipinski definition) is 4. The fourth-order valence-electron chi connectivity index (χ4n) is 3.32. The van der Waals surface area contributed by atoms with Gasteiger partial charge in [0, 0.05) is 30.5 Å². The molecule has 4 rings (SSSR count). The van der Waals surface area contributed by atoms with E-state index >= 15 is 0 Å². The first-order chi connectivity index (χ1) is 10.3. The van der Waals surface area contributed by atoms with Crippen LogP contribution in [0.5, 0.6) is 0 Å². The van der Waals surface area contributed by atoms with Crippen molar-refractivity contribution in [1.29, 1.82) is 0 Å². The summed E-state index contributed by atoms with van der Waals surface area (Å²) in [5.74, 6) is 1.11. The lowest BCUT2D eigenvalue weighted by Gasteiger charge is -2.43. The Kier molecular flexibility index (Phi) is 2.70.